The van der Waals surface area contributed by atoms with Crippen molar-refractivity contribution in [3.63, 3.8) is 0 Å². The Morgan fingerprint density at radius 2 is 1.55 bits per heavy atom. The molecule has 0 saturated heterocycles. The summed E-state index contributed by atoms with van der Waals surface area (Å²) in [5, 5.41) is 23.3. The highest BCUT2D eigenvalue weighted by atomic mass is 16.5. The highest BCUT2D eigenvalue weighted by molar-refractivity contribution is 5.86. The van der Waals surface area contributed by atoms with Crippen LogP contribution < -0.4 is 10.6 Å². The number of amides is 2. The molecule has 8 heteroatoms. The number of benzene rings is 2. The standard InChI is InChI=1S/C25H30N2O6/c1-25(2,3)21(22(29)26-13-12-20(28)23(30)31)27-24(32)33-14-19-17-10-6-4-8-15(17)16-9-5-7-11-18(16)19/h4-11,19-21,28H,12-14H2,1-3H3,(H,26,29)(H,27,32)(H,30,31)/t20?,21-/m1/s1. The van der Waals surface area contributed by atoms with E-state index in [1.807, 2.05) is 36.4 Å². The first-order valence-electron chi connectivity index (χ1n) is 10.9. The number of aliphatic hydroxyl groups is 1. The zero-order valence-electron chi connectivity index (χ0n) is 19.0. The molecule has 2 atom stereocenters. The van der Waals surface area contributed by atoms with Crippen LogP contribution in [0.2, 0.25) is 0 Å². The zero-order valence-corrected chi connectivity index (χ0v) is 19.0. The van der Waals surface area contributed by atoms with Crippen LogP contribution in [-0.4, -0.2) is 53.5 Å². The number of alkyl carbamates (subject to hydrolysis) is 1. The lowest BCUT2D eigenvalue weighted by molar-refractivity contribution is -0.147. The number of carbonyl (C=O) groups excluding carboxylic acids is 2. The molecule has 8 nitrogen and oxygen atoms in total. The lowest BCUT2D eigenvalue weighted by Gasteiger charge is -2.30. The van der Waals surface area contributed by atoms with Gasteiger partial charge >= 0.3 is 12.1 Å². The van der Waals surface area contributed by atoms with Gasteiger partial charge in [-0.3, -0.25) is 4.79 Å². The number of nitrogens with one attached hydrogen (secondary N) is 2. The number of aliphatic carboxylic acids is 1. The third-order valence-corrected chi connectivity index (χ3v) is 5.74. The van der Waals surface area contributed by atoms with Crippen LogP contribution in [0.25, 0.3) is 11.1 Å². The number of fused-ring (bicyclic) bond motifs is 3. The Morgan fingerprint density at radius 1 is 1.00 bits per heavy atom. The average molecular weight is 455 g/mol. The third kappa shape index (κ3) is 5.70. The van der Waals surface area contributed by atoms with Crippen molar-refractivity contribution < 1.29 is 29.3 Å². The van der Waals surface area contributed by atoms with Crippen LogP contribution in [0.1, 0.15) is 44.2 Å². The number of hydrogen-bond donors (Lipinski definition) is 4. The number of ether oxygens (including phenoxy) is 1. The summed E-state index contributed by atoms with van der Waals surface area (Å²) in [7, 11) is 0. The average Bonchev–Trinajstić information content (AvgIpc) is 3.08. The Kier molecular flexibility index (Phi) is 7.38. The van der Waals surface area contributed by atoms with Crippen molar-refractivity contribution in [2.75, 3.05) is 13.2 Å². The van der Waals surface area contributed by atoms with E-state index < -0.39 is 35.5 Å². The second-order valence-corrected chi connectivity index (χ2v) is 9.20. The van der Waals surface area contributed by atoms with Crippen LogP contribution in [0.15, 0.2) is 48.5 Å². The predicted molar refractivity (Wildman–Crippen MR) is 123 cm³/mol. The maximum Gasteiger partial charge on any atom is 0.407 e. The van der Waals surface area contributed by atoms with Gasteiger partial charge in [-0.1, -0.05) is 69.3 Å². The Bertz CT molecular complexity index is 984. The molecule has 0 fully saturated rings. The van der Waals surface area contributed by atoms with E-state index in [0.717, 1.165) is 22.3 Å². The van der Waals surface area contributed by atoms with Crippen LogP contribution >= 0.6 is 0 Å². The van der Waals surface area contributed by atoms with Gasteiger partial charge in [0, 0.05) is 18.9 Å². The summed E-state index contributed by atoms with van der Waals surface area (Å²) >= 11 is 0. The molecule has 0 aliphatic heterocycles. The molecule has 176 valence electrons. The third-order valence-electron chi connectivity index (χ3n) is 5.74. The Balaban J connectivity index is 1.62. The minimum absolute atomic E-state index is 0.0365. The van der Waals surface area contributed by atoms with Gasteiger partial charge in [-0.05, 0) is 27.7 Å². The van der Waals surface area contributed by atoms with Crippen molar-refractivity contribution in [1.82, 2.24) is 10.6 Å². The molecule has 1 aliphatic carbocycles. The first-order chi connectivity index (χ1) is 15.6. The van der Waals surface area contributed by atoms with Gasteiger partial charge in [0.2, 0.25) is 5.91 Å². The number of rotatable bonds is 8. The SMILES string of the molecule is CC(C)(C)[C@H](NC(=O)OCC1c2ccccc2-c2ccccc21)C(=O)NCCC(O)C(=O)O. The Labute approximate surface area is 193 Å². The molecule has 2 amide bonds. The molecule has 0 heterocycles. The quantitative estimate of drug-likeness (QED) is 0.486. The summed E-state index contributed by atoms with van der Waals surface area (Å²) in [6, 6.07) is 15.1. The first kappa shape index (κ1) is 24.3. The minimum Gasteiger partial charge on any atom is -0.479 e. The maximum absolute atomic E-state index is 12.7. The summed E-state index contributed by atoms with van der Waals surface area (Å²) in [5.74, 6) is -1.93. The van der Waals surface area contributed by atoms with E-state index in [-0.39, 0.29) is 25.5 Å². The lowest BCUT2D eigenvalue weighted by atomic mass is 9.86. The van der Waals surface area contributed by atoms with Crippen molar-refractivity contribution in [2.24, 2.45) is 5.41 Å². The summed E-state index contributed by atoms with van der Waals surface area (Å²) in [5.41, 5.74) is 3.80. The van der Waals surface area contributed by atoms with E-state index in [1.165, 1.54) is 0 Å². The molecule has 3 rings (SSSR count). The first-order valence-corrected chi connectivity index (χ1v) is 10.9. The van der Waals surface area contributed by atoms with Crippen molar-refractivity contribution >= 4 is 18.0 Å². The van der Waals surface area contributed by atoms with Gasteiger partial charge in [0.15, 0.2) is 6.10 Å². The largest absolute Gasteiger partial charge is 0.479 e. The molecule has 4 N–H and O–H groups in total. The van der Waals surface area contributed by atoms with Crippen molar-refractivity contribution in [1.29, 1.82) is 0 Å². The Morgan fingerprint density at radius 3 is 2.06 bits per heavy atom. The lowest BCUT2D eigenvalue weighted by Crippen LogP contribution is -2.54. The van der Waals surface area contributed by atoms with Crippen molar-refractivity contribution in [2.45, 2.75) is 45.3 Å². The van der Waals surface area contributed by atoms with Crippen LogP contribution in [0.3, 0.4) is 0 Å². The van der Waals surface area contributed by atoms with Crippen LogP contribution in [0, 0.1) is 5.41 Å². The fraction of sp³-hybridized carbons (Fsp3) is 0.400. The summed E-state index contributed by atoms with van der Waals surface area (Å²) in [6.45, 7) is 5.49. The Hall–Kier alpha value is -3.39. The molecule has 2 aromatic carbocycles. The second kappa shape index (κ2) is 10.0. The van der Waals surface area contributed by atoms with Gasteiger partial charge in [0.25, 0.3) is 0 Å². The highest BCUT2D eigenvalue weighted by Gasteiger charge is 2.34. The van der Waals surface area contributed by atoms with Crippen molar-refractivity contribution in [3.8, 4) is 11.1 Å². The number of carboxylic acids is 1. The fourth-order valence-electron chi connectivity index (χ4n) is 3.99. The predicted octanol–water partition coefficient (Wildman–Crippen LogP) is 2.89. The van der Waals surface area contributed by atoms with Crippen LogP contribution in [-0.2, 0) is 14.3 Å². The molecular formula is C25H30N2O6. The fourth-order valence-corrected chi connectivity index (χ4v) is 3.99. The van der Waals surface area contributed by atoms with E-state index in [0.29, 0.717) is 0 Å². The maximum atomic E-state index is 12.7. The highest BCUT2D eigenvalue weighted by Crippen LogP contribution is 2.44. The topological polar surface area (TPSA) is 125 Å². The number of hydrogen-bond acceptors (Lipinski definition) is 5. The molecule has 0 radical (unpaired) electrons. The molecular weight excluding hydrogens is 424 g/mol. The van der Waals surface area contributed by atoms with Crippen LogP contribution in [0.5, 0.6) is 0 Å². The monoisotopic (exact) mass is 454 g/mol. The molecule has 0 saturated carbocycles. The van der Waals surface area contributed by atoms with E-state index >= 15 is 0 Å². The van der Waals surface area contributed by atoms with E-state index in [9.17, 15) is 19.5 Å². The van der Waals surface area contributed by atoms with Gasteiger partial charge < -0.3 is 25.6 Å². The number of aliphatic hydroxyl groups excluding tert-OH is 1. The van der Waals surface area contributed by atoms with Crippen molar-refractivity contribution in [3.05, 3.63) is 59.7 Å². The summed E-state index contributed by atoms with van der Waals surface area (Å²) < 4.78 is 5.54. The molecule has 1 aliphatic rings. The molecule has 0 aromatic heterocycles. The molecule has 33 heavy (non-hydrogen) atoms. The van der Waals surface area contributed by atoms with E-state index in [1.54, 1.807) is 20.8 Å². The van der Waals surface area contributed by atoms with E-state index in [2.05, 4.69) is 22.8 Å². The minimum atomic E-state index is -1.56. The molecule has 2 aromatic rings. The molecule has 0 bridgehead atoms. The van der Waals surface area contributed by atoms with E-state index in [4.69, 9.17) is 9.84 Å². The van der Waals surface area contributed by atoms with Gasteiger partial charge in [-0.25, -0.2) is 9.59 Å². The van der Waals surface area contributed by atoms with Gasteiger partial charge in [0.05, 0.1) is 0 Å². The normalized spacial score (nSPS) is 14.5. The van der Waals surface area contributed by atoms with Crippen LogP contribution in [0.4, 0.5) is 4.79 Å². The molecule has 0 spiro atoms. The van der Waals surface area contributed by atoms with Gasteiger partial charge in [-0.15, -0.1) is 0 Å². The zero-order chi connectivity index (χ0) is 24.2. The smallest absolute Gasteiger partial charge is 0.407 e. The summed E-state index contributed by atoms with van der Waals surface area (Å²) in [4.78, 5) is 36.0. The van der Waals surface area contributed by atoms with Gasteiger partial charge in [0.1, 0.15) is 12.6 Å². The molecule has 1 unspecified atom stereocenters. The second-order valence-electron chi connectivity index (χ2n) is 9.20. The van der Waals surface area contributed by atoms with Gasteiger partial charge in [-0.2, -0.15) is 0 Å². The number of carboxylic acid groups (broad SMARTS) is 1. The number of carbonyl (C=O) groups is 3. The summed E-state index contributed by atoms with van der Waals surface area (Å²) in [6.07, 6.45) is -2.41.